The van der Waals surface area contributed by atoms with Crippen LogP contribution in [0.4, 0.5) is 0 Å². The van der Waals surface area contributed by atoms with Crippen molar-refractivity contribution in [3.63, 3.8) is 0 Å². The molecule has 2 atom stereocenters. The minimum Gasteiger partial charge on any atom is -0.465 e. The van der Waals surface area contributed by atoms with Crippen molar-refractivity contribution in [2.75, 3.05) is 26.2 Å². The molecule has 2 unspecified atom stereocenters. The Balaban J connectivity index is 1.07. The fraction of sp³-hybridized carbons (Fsp3) is 0.444. The number of fused-ring (bicyclic) bond motifs is 3. The third-order valence-electron chi connectivity index (χ3n) is 10.3. The van der Waals surface area contributed by atoms with E-state index in [1.165, 1.54) is 23.9 Å². The van der Waals surface area contributed by atoms with Gasteiger partial charge in [-0.2, -0.15) is 4.98 Å². The largest absolute Gasteiger partial charge is 0.465 e. The summed E-state index contributed by atoms with van der Waals surface area (Å²) in [6, 6.07) is 31.7. The number of rotatable bonds is 8. The number of carbonyl (C=O) groups excluding carboxylic acids is 1. The summed E-state index contributed by atoms with van der Waals surface area (Å²) >= 11 is 0. The Hall–Kier alpha value is -3.64. The molecule has 7 rings (SSSR count). The maximum Gasteiger partial charge on any atom is 0.297 e. The van der Waals surface area contributed by atoms with E-state index in [9.17, 15) is 4.79 Å². The number of likely N-dealkylation sites (tertiary alicyclic amines) is 1. The van der Waals surface area contributed by atoms with Gasteiger partial charge >= 0.3 is 0 Å². The summed E-state index contributed by atoms with van der Waals surface area (Å²) in [5.41, 5.74) is 4.55. The Morgan fingerprint density at radius 3 is 2.19 bits per heavy atom. The van der Waals surface area contributed by atoms with E-state index in [2.05, 4.69) is 69.0 Å². The molecule has 42 heavy (non-hydrogen) atoms. The van der Waals surface area contributed by atoms with Crippen molar-refractivity contribution in [3.8, 4) is 6.01 Å². The van der Waals surface area contributed by atoms with E-state index in [0.717, 1.165) is 68.8 Å². The van der Waals surface area contributed by atoms with Crippen LogP contribution in [-0.2, 0) is 5.41 Å². The lowest BCUT2D eigenvalue weighted by Gasteiger charge is -2.45. The fourth-order valence-corrected chi connectivity index (χ4v) is 8.15. The van der Waals surface area contributed by atoms with Crippen molar-refractivity contribution in [1.29, 1.82) is 0 Å². The molecule has 4 aromatic rings. The van der Waals surface area contributed by atoms with Crippen LogP contribution >= 0.6 is 0 Å². The van der Waals surface area contributed by atoms with Crippen molar-refractivity contribution >= 4 is 16.9 Å². The smallest absolute Gasteiger partial charge is 0.297 e. The van der Waals surface area contributed by atoms with Gasteiger partial charge in [-0.25, -0.2) is 0 Å². The standard InChI is InChI=1S/C36H42N4O2/c1-2-42-35-37-32-15-9-10-16-33(32)40(35)31-25-29-17-18-30(26-31)39(29)24-21-36(28-13-7-4-8-14-28)19-22-38(23-20-36)34(41)27-11-5-3-6-12-27/h3-16,29-31H,2,17-26H2,1H3. The molecule has 6 nitrogen and oxygen atoms in total. The number of hydrogen-bond donors (Lipinski definition) is 0. The van der Waals surface area contributed by atoms with E-state index < -0.39 is 0 Å². The Morgan fingerprint density at radius 1 is 0.857 bits per heavy atom. The van der Waals surface area contributed by atoms with E-state index >= 15 is 0 Å². The summed E-state index contributed by atoms with van der Waals surface area (Å²) in [4.78, 5) is 23.0. The molecule has 0 aliphatic carbocycles. The van der Waals surface area contributed by atoms with Gasteiger partial charge in [-0.05, 0) is 93.7 Å². The van der Waals surface area contributed by atoms with Crippen LogP contribution < -0.4 is 4.74 Å². The average molecular weight is 563 g/mol. The van der Waals surface area contributed by atoms with E-state index in [1.54, 1.807) is 0 Å². The molecular weight excluding hydrogens is 520 g/mol. The number of hydrogen-bond acceptors (Lipinski definition) is 4. The maximum atomic E-state index is 13.2. The van der Waals surface area contributed by atoms with Crippen LogP contribution in [0.25, 0.3) is 11.0 Å². The summed E-state index contributed by atoms with van der Waals surface area (Å²) < 4.78 is 8.44. The molecule has 0 spiro atoms. The molecule has 0 N–H and O–H groups in total. The second kappa shape index (κ2) is 11.6. The fourth-order valence-electron chi connectivity index (χ4n) is 8.15. The van der Waals surface area contributed by atoms with Crippen LogP contribution in [-0.4, -0.2) is 63.6 Å². The Labute approximate surface area is 249 Å². The van der Waals surface area contributed by atoms with E-state index in [-0.39, 0.29) is 11.3 Å². The van der Waals surface area contributed by atoms with Gasteiger partial charge in [0.05, 0.1) is 17.6 Å². The molecule has 218 valence electrons. The predicted octanol–water partition coefficient (Wildman–Crippen LogP) is 6.87. The van der Waals surface area contributed by atoms with Gasteiger partial charge in [-0.1, -0.05) is 60.7 Å². The Morgan fingerprint density at radius 2 is 1.50 bits per heavy atom. The third kappa shape index (κ3) is 5.00. The number of ether oxygens (including phenoxy) is 1. The molecule has 3 fully saturated rings. The first kappa shape index (κ1) is 27.2. The van der Waals surface area contributed by atoms with E-state index in [1.807, 2.05) is 37.3 Å². The lowest BCUT2D eigenvalue weighted by atomic mass is 9.70. The highest BCUT2D eigenvalue weighted by molar-refractivity contribution is 5.94. The van der Waals surface area contributed by atoms with Crippen molar-refractivity contribution in [1.82, 2.24) is 19.4 Å². The Bertz CT molecular complexity index is 1500. The minimum atomic E-state index is 0.105. The monoisotopic (exact) mass is 562 g/mol. The van der Waals surface area contributed by atoms with Gasteiger partial charge in [-0.15, -0.1) is 0 Å². The van der Waals surface area contributed by atoms with Crippen molar-refractivity contribution in [3.05, 3.63) is 96.1 Å². The lowest BCUT2D eigenvalue weighted by Crippen LogP contribution is -2.49. The highest BCUT2D eigenvalue weighted by atomic mass is 16.5. The third-order valence-corrected chi connectivity index (χ3v) is 10.3. The normalized spacial score (nSPS) is 23.7. The summed E-state index contributed by atoms with van der Waals surface area (Å²) in [6.45, 7) is 5.41. The zero-order valence-corrected chi connectivity index (χ0v) is 24.7. The second-order valence-corrected chi connectivity index (χ2v) is 12.5. The number of para-hydroxylation sites is 2. The van der Waals surface area contributed by atoms with Crippen molar-refractivity contribution in [2.45, 2.75) is 75.4 Å². The average Bonchev–Trinajstić information content (AvgIpc) is 3.53. The molecule has 1 amide bonds. The highest BCUT2D eigenvalue weighted by Gasteiger charge is 2.44. The van der Waals surface area contributed by atoms with Gasteiger partial charge in [0, 0.05) is 36.8 Å². The molecule has 2 bridgehead atoms. The first-order chi connectivity index (χ1) is 20.6. The molecule has 3 aromatic carbocycles. The second-order valence-electron chi connectivity index (χ2n) is 12.5. The van der Waals surface area contributed by atoms with Gasteiger partial charge in [0.15, 0.2) is 0 Å². The van der Waals surface area contributed by atoms with Crippen LogP contribution in [0.2, 0.25) is 0 Å². The number of nitrogens with zero attached hydrogens (tertiary/aromatic N) is 4. The Kier molecular flexibility index (Phi) is 7.49. The van der Waals surface area contributed by atoms with Gasteiger partial charge in [-0.3, -0.25) is 14.3 Å². The number of aromatic nitrogens is 2. The molecule has 0 saturated carbocycles. The number of imidazole rings is 1. The summed E-state index contributed by atoms with van der Waals surface area (Å²) in [5, 5.41) is 0. The molecule has 6 heteroatoms. The zero-order valence-electron chi connectivity index (χ0n) is 24.7. The van der Waals surface area contributed by atoms with Gasteiger partial charge in [0.25, 0.3) is 11.9 Å². The molecular formula is C36H42N4O2. The topological polar surface area (TPSA) is 50.6 Å². The van der Waals surface area contributed by atoms with Gasteiger partial charge < -0.3 is 9.64 Å². The van der Waals surface area contributed by atoms with E-state index in [4.69, 9.17) is 9.72 Å². The van der Waals surface area contributed by atoms with Gasteiger partial charge in [0.1, 0.15) is 0 Å². The van der Waals surface area contributed by atoms with Crippen LogP contribution in [0, 0.1) is 0 Å². The first-order valence-corrected chi connectivity index (χ1v) is 15.9. The van der Waals surface area contributed by atoms with Crippen LogP contribution in [0.1, 0.15) is 73.8 Å². The summed E-state index contributed by atoms with van der Waals surface area (Å²) in [6.07, 6.45) is 8.01. The zero-order chi connectivity index (χ0) is 28.5. The maximum absolute atomic E-state index is 13.2. The molecule has 3 aliphatic heterocycles. The van der Waals surface area contributed by atoms with Crippen LogP contribution in [0.3, 0.4) is 0 Å². The van der Waals surface area contributed by atoms with Crippen molar-refractivity contribution in [2.24, 2.45) is 0 Å². The first-order valence-electron chi connectivity index (χ1n) is 15.9. The van der Waals surface area contributed by atoms with Crippen LogP contribution in [0.5, 0.6) is 6.01 Å². The van der Waals surface area contributed by atoms with Gasteiger partial charge in [0.2, 0.25) is 0 Å². The van der Waals surface area contributed by atoms with Crippen LogP contribution in [0.15, 0.2) is 84.9 Å². The number of amides is 1. The number of carbonyl (C=O) groups is 1. The quantitative estimate of drug-likeness (QED) is 0.235. The summed E-state index contributed by atoms with van der Waals surface area (Å²) in [5.74, 6) is 0.163. The lowest BCUT2D eigenvalue weighted by molar-refractivity contribution is 0.0604. The van der Waals surface area contributed by atoms with Crippen molar-refractivity contribution < 1.29 is 9.53 Å². The minimum absolute atomic E-state index is 0.105. The molecule has 3 saturated heterocycles. The molecule has 1 aromatic heterocycles. The number of benzene rings is 3. The summed E-state index contributed by atoms with van der Waals surface area (Å²) in [7, 11) is 0. The number of piperidine rings is 2. The SMILES string of the molecule is CCOc1nc2ccccc2n1C1CC2CCC(C1)N2CCC1(c2ccccc2)CCN(C(=O)c2ccccc2)CC1. The van der Waals surface area contributed by atoms with E-state index in [0.29, 0.717) is 24.7 Å². The molecule has 0 radical (unpaired) electrons. The highest BCUT2D eigenvalue weighted by Crippen LogP contribution is 2.45. The predicted molar refractivity (Wildman–Crippen MR) is 167 cm³/mol. The molecule has 3 aliphatic rings. The molecule has 4 heterocycles.